The fourth-order valence-electron chi connectivity index (χ4n) is 2.34. The lowest BCUT2D eigenvalue weighted by Gasteiger charge is -2.31. The van der Waals surface area contributed by atoms with Crippen LogP contribution in [0.1, 0.15) is 32.0 Å². The number of hydrogen-bond donors (Lipinski definition) is 3. The lowest BCUT2D eigenvalue weighted by atomic mass is 9.98. The fourth-order valence-corrected chi connectivity index (χ4v) is 3.53. The number of piperidine rings is 1. The van der Waals surface area contributed by atoms with Crippen LogP contribution in [0.15, 0.2) is 0 Å². The van der Waals surface area contributed by atoms with Crippen molar-refractivity contribution in [2.45, 2.75) is 32.7 Å². The van der Waals surface area contributed by atoms with Crippen molar-refractivity contribution < 1.29 is 8.42 Å². The molecule has 0 atom stereocenters. The van der Waals surface area contributed by atoms with E-state index in [1.807, 2.05) is 0 Å². The summed E-state index contributed by atoms with van der Waals surface area (Å²) in [6.45, 7) is 5.29. The Labute approximate surface area is 125 Å². The van der Waals surface area contributed by atoms with Crippen molar-refractivity contribution in [2.75, 3.05) is 26.2 Å². The third kappa shape index (κ3) is 4.99. The summed E-state index contributed by atoms with van der Waals surface area (Å²) in [5, 5.41) is 16.5. The Hall–Kier alpha value is -1.10. The number of H-pyrrole nitrogens is 1. The topological polar surface area (TPSA) is 116 Å². The van der Waals surface area contributed by atoms with Gasteiger partial charge in [-0.25, -0.2) is 0 Å². The summed E-state index contributed by atoms with van der Waals surface area (Å²) < 4.78 is 28.3. The van der Waals surface area contributed by atoms with Crippen LogP contribution in [0, 0.1) is 5.92 Å². The van der Waals surface area contributed by atoms with E-state index in [2.05, 4.69) is 37.6 Å². The van der Waals surface area contributed by atoms with Crippen LogP contribution >= 0.6 is 0 Å². The molecule has 0 aliphatic carbocycles. The second-order valence-electron chi connectivity index (χ2n) is 5.20. The maximum absolute atomic E-state index is 12.2. The molecule has 0 saturated carbocycles. The lowest BCUT2D eigenvalue weighted by Crippen LogP contribution is -2.46. The quantitative estimate of drug-likeness (QED) is 0.543. The van der Waals surface area contributed by atoms with Crippen LogP contribution in [0.25, 0.3) is 0 Å². The molecule has 120 valence electrons. The van der Waals surface area contributed by atoms with Crippen LogP contribution in [0.3, 0.4) is 0 Å². The Morgan fingerprint density at radius 2 is 2.14 bits per heavy atom. The van der Waals surface area contributed by atoms with E-state index in [0.717, 1.165) is 32.4 Å². The molecule has 0 unspecified atom stereocenters. The van der Waals surface area contributed by atoms with Gasteiger partial charge >= 0.3 is 0 Å². The highest BCUT2D eigenvalue weighted by molar-refractivity contribution is 7.87. The first-order valence-corrected chi connectivity index (χ1v) is 8.73. The summed E-state index contributed by atoms with van der Waals surface area (Å²) in [4.78, 5) is 0. The van der Waals surface area contributed by atoms with Gasteiger partial charge in [-0.15, -0.1) is 10.2 Å². The first-order chi connectivity index (χ1) is 10.1. The molecule has 3 N–H and O–H groups in total. The molecule has 10 heteroatoms. The second-order valence-corrected chi connectivity index (χ2v) is 6.96. The molecule has 0 spiro atoms. The normalized spacial score (nSPS) is 18.1. The van der Waals surface area contributed by atoms with E-state index in [9.17, 15) is 8.42 Å². The van der Waals surface area contributed by atoms with E-state index < -0.39 is 10.2 Å². The zero-order valence-electron chi connectivity index (χ0n) is 12.2. The predicted molar refractivity (Wildman–Crippen MR) is 77.4 cm³/mol. The monoisotopic (exact) mass is 317 g/mol. The van der Waals surface area contributed by atoms with Gasteiger partial charge < -0.3 is 5.32 Å². The minimum absolute atomic E-state index is 0.0524. The van der Waals surface area contributed by atoms with Crippen molar-refractivity contribution in [2.24, 2.45) is 5.92 Å². The molecule has 21 heavy (non-hydrogen) atoms. The van der Waals surface area contributed by atoms with Crippen LogP contribution in [0.5, 0.6) is 0 Å². The molecule has 1 aliphatic heterocycles. The van der Waals surface area contributed by atoms with Gasteiger partial charge in [0.25, 0.3) is 10.2 Å². The molecule has 2 rings (SSSR count). The van der Waals surface area contributed by atoms with Gasteiger partial charge in [0.1, 0.15) is 0 Å². The Morgan fingerprint density at radius 1 is 1.38 bits per heavy atom. The molecule has 2 heterocycles. The average Bonchev–Trinajstić information content (AvgIpc) is 3.00. The maximum Gasteiger partial charge on any atom is 0.279 e. The molecular formula is C11H23N7O2S. The number of aromatic amines is 1. The highest BCUT2D eigenvalue weighted by atomic mass is 32.2. The molecule has 9 nitrogen and oxygen atoms in total. The van der Waals surface area contributed by atoms with Gasteiger partial charge in [-0.3, -0.25) is 0 Å². The minimum Gasteiger partial charge on any atom is -0.316 e. The maximum atomic E-state index is 12.2. The molecular weight excluding hydrogens is 294 g/mol. The molecule has 1 saturated heterocycles. The van der Waals surface area contributed by atoms with Crippen LogP contribution in [-0.4, -0.2) is 59.5 Å². The molecule has 1 aromatic heterocycles. The number of tetrazole rings is 1. The SMILES string of the molecule is CCCNCC1CCN(S(=O)(=O)NCc2nn[nH]n2)CC1. The summed E-state index contributed by atoms with van der Waals surface area (Å²) in [5.41, 5.74) is 0. The molecule has 1 fully saturated rings. The largest absolute Gasteiger partial charge is 0.316 e. The summed E-state index contributed by atoms with van der Waals surface area (Å²) in [5.74, 6) is 0.887. The zero-order chi connectivity index (χ0) is 15.1. The van der Waals surface area contributed by atoms with Crippen LogP contribution in [-0.2, 0) is 16.8 Å². The van der Waals surface area contributed by atoms with Gasteiger partial charge in [-0.2, -0.15) is 22.7 Å². The van der Waals surface area contributed by atoms with Gasteiger partial charge in [-0.05, 0) is 38.3 Å². The second kappa shape index (κ2) is 7.78. The summed E-state index contributed by atoms with van der Waals surface area (Å²) >= 11 is 0. The molecule has 0 amide bonds. The van der Waals surface area contributed by atoms with Gasteiger partial charge in [0.15, 0.2) is 5.82 Å². The molecule has 1 aliphatic rings. The van der Waals surface area contributed by atoms with E-state index in [4.69, 9.17) is 0 Å². The Kier molecular flexibility index (Phi) is 6.03. The van der Waals surface area contributed by atoms with E-state index in [1.54, 1.807) is 0 Å². The number of rotatable bonds is 8. The number of nitrogens with one attached hydrogen (secondary N) is 3. The summed E-state index contributed by atoms with van der Waals surface area (Å²) in [7, 11) is -3.47. The Bertz CT molecular complexity index is 497. The van der Waals surface area contributed by atoms with Crippen molar-refractivity contribution in [3.63, 3.8) is 0 Å². The Morgan fingerprint density at radius 3 is 2.76 bits per heavy atom. The third-order valence-corrected chi connectivity index (χ3v) is 5.13. The lowest BCUT2D eigenvalue weighted by molar-refractivity contribution is 0.265. The number of nitrogens with zero attached hydrogens (tertiary/aromatic N) is 4. The molecule has 0 aromatic carbocycles. The molecule has 0 bridgehead atoms. The van der Waals surface area contributed by atoms with Gasteiger partial charge in [0.2, 0.25) is 0 Å². The van der Waals surface area contributed by atoms with Gasteiger partial charge in [0, 0.05) is 13.1 Å². The van der Waals surface area contributed by atoms with E-state index in [-0.39, 0.29) is 6.54 Å². The van der Waals surface area contributed by atoms with Crippen molar-refractivity contribution in [3.8, 4) is 0 Å². The zero-order valence-corrected chi connectivity index (χ0v) is 13.1. The first-order valence-electron chi connectivity index (χ1n) is 7.29. The molecule has 0 radical (unpaired) electrons. The van der Waals surface area contributed by atoms with Crippen molar-refractivity contribution in [3.05, 3.63) is 5.82 Å². The first kappa shape index (κ1) is 16.3. The Balaban J connectivity index is 1.75. The highest BCUT2D eigenvalue weighted by Crippen LogP contribution is 2.18. The predicted octanol–water partition coefficient (Wildman–Crippen LogP) is -0.754. The number of aromatic nitrogens is 4. The number of hydrogen-bond acceptors (Lipinski definition) is 6. The van der Waals surface area contributed by atoms with Crippen LogP contribution < -0.4 is 10.0 Å². The smallest absolute Gasteiger partial charge is 0.279 e. The van der Waals surface area contributed by atoms with E-state index >= 15 is 0 Å². The van der Waals surface area contributed by atoms with Gasteiger partial charge in [0.05, 0.1) is 6.54 Å². The van der Waals surface area contributed by atoms with Crippen molar-refractivity contribution in [1.29, 1.82) is 0 Å². The summed E-state index contributed by atoms with van der Waals surface area (Å²) in [6.07, 6.45) is 2.90. The highest BCUT2D eigenvalue weighted by Gasteiger charge is 2.27. The van der Waals surface area contributed by atoms with Crippen molar-refractivity contribution >= 4 is 10.2 Å². The fraction of sp³-hybridized carbons (Fsp3) is 0.909. The van der Waals surface area contributed by atoms with Crippen LogP contribution in [0.2, 0.25) is 0 Å². The summed E-state index contributed by atoms with van der Waals surface area (Å²) in [6, 6.07) is 0. The van der Waals surface area contributed by atoms with Crippen molar-refractivity contribution in [1.82, 2.24) is 35.0 Å². The van der Waals surface area contributed by atoms with Crippen LogP contribution in [0.4, 0.5) is 0 Å². The third-order valence-electron chi connectivity index (χ3n) is 3.58. The standard InChI is InChI=1S/C11H23N7O2S/c1-2-5-12-8-10-3-6-18(7-4-10)21(19,20)13-9-11-14-16-17-15-11/h10,12-13H,2-9H2,1H3,(H,14,15,16,17). The van der Waals surface area contributed by atoms with E-state index in [0.29, 0.717) is 24.8 Å². The van der Waals surface area contributed by atoms with Gasteiger partial charge in [-0.1, -0.05) is 12.1 Å². The molecule has 1 aromatic rings. The van der Waals surface area contributed by atoms with E-state index in [1.165, 1.54) is 4.31 Å². The minimum atomic E-state index is -3.47. The average molecular weight is 317 g/mol.